The fraction of sp³-hybridized carbons (Fsp3) is 0.375. The minimum Gasteiger partial charge on any atom is -0.351 e. The van der Waals surface area contributed by atoms with Gasteiger partial charge in [-0.15, -0.1) is 0 Å². The molecule has 12 heavy (non-hydrogen) atoms. The summed E-state index contributed by atoms with van der Waals surface area (Å²) in [5.74, 6) is -0.602. The van der Waals surface area contributed by atoms with Crippen LogP contribution in [0.3, 0.4) is 0 Å². The zero-order chi connectivity index (χ0) is 8.97. The van der Waals surface area contributed by atoms with Crippen LogP contribution in [0.5, 0.6) is 0 Å². The van der Waals surface area contributed by atoms with Crippen LogP contribution in [0.1, 0.15) is 13.3 Å². The van der Waals surface area contributed by atoms with Gasteiger partial charge >= 0.3 is 0 Å². The Morgan fingerprint density at radius 3 is 3.08 bits per heavy atom. The Balaban J connectivity index is 2.72. The third-order valence-electron chi connectivity index (χ3n) is 1.43. The fourth-order valence-corrected chi connectivity index (χ4v) is 0.885. The van der Waals surface area contributed by atoms with Crippen LogP contribution in [0, 0.1) is 0 Å². The van der Waals surface area contributed by atoms with Crippen molar-refractivity contribution >= 4 is 17.4 Å². The highest BCUT2D eigenvalue weighted by Crippen LogP contribution is 1.98. The number of hydrogen-bond donors (Lipinski definition) is 1. The molecule has 64 valence electrons. The van der Waals surface area contributed by atoms with Gasteiger partial charge in [0, 0.05) is 19.2 Å². The monoisotopic (exact) mass is 166 g/mol. The molecule has 1 heterocycles. The first-order valence-electron chi connectivity index (χ1n) is 3.80. The van der Waals surface area contributed by atoms with Crippen LogP contribution >= 0.6 is 0 Å². The molecule has 1 aliphatic heterocycles. The molecule has 0 saturated carbocycles. The Labute approximate surface area is 70.4 Å². The Hall–Kier alpha value is -1.45. The van der Waals surface area contributed by atoms with Gasteiger partial charge in [-0.05, 0) is 6.92 Å². The van der Waals surface area contributed by atoms with Crippen LogP contribution in [0.2, 0.25) is 0 Å². The molecule has 0 bridgehead atoms. The number of nitrogens with one attached hydrogen (secondary N) is 1. The van der Waals surface area contributed by atoms with Crippen molar-refractivity contribution in [2.45, 2.75) is 13.3 Å². The van der Waals surface area contributed by atoms with Crippen LogP contribution in [0.25, 0.3) is 0 Å². The van der Waals surface area contributed by atoms with E-state index in [2.05, 4.69) is 10.3 Å². The second kappa shape index (κ2) is 3.80. The van der Waals surface area contributed by atoms with E-state index in [1.54, 1.807) is 13.0 Å². The third kappa shape index (κ3) is 1.78. The molecular weight excluding hydrogens is 156 g/mol. The Kier molecular flexibility index (Phi) is 2.74. The zero-order valence-corrected chi connectivity index (χ0v) is 6.83. The van der Waals surface area contributed by atoms with Gasteiger partial charge in [-0.25, -0.2) is 4.99 Å². The maximum absolute atomic E-state index is 11.1. The number of aliphatic imine (C=N–C) groups is 1. The Morgan fingerprint density at radius 1 is 1.75 bits per heavy atom. The van der Waals surface area contributed by atoms with Gasteiger partial charge in [-0.2, -0.15) is 0 Å². The summed E-state index contributed by atoms with van der Waals surface area (Å²) < 4.78 is 0. The van der Waals surface area contributed by atoms with Crippen molar-refractivity contribution in [3.05, 3.63) is 12.3 Å². The Morgan fingerprint density at radius 2 is 2.50 bits per heavy atom. The largest absolute Gasteiger partial charge is 0.351 e. The molecule has 1 amide bonds. The van der Waals surface area contributed by atoms with Crippen molar-refractivity contribution in [2.24, 2.45) is 4.99 Å². The van der Waals surface area contributed by atoms with Crippen molar-refractivity contribution in [3.8, 4) is 0 Å². The highest BCUT2D eigenvalue weighted by atomic mass is 16.2. The predicted octanol–water partition coefficient (Wildman–Crippen LogP) is 0.0500. The molecule has 0 aromatic carbocycles. The van der Waals surface area contributed by atoms with Crippen LogP contribution in [-0.4, -0.2) is 23.9 Å². The first-order chi connectivity index (χ1) is 5.75. The third-order valence-corrected chi connectivity index (χ3v) is 1.43. The smallest absolute Gasteiger partial charge is 0.273 e. The van der Waals surface area contributed by atoms with Crippen molar-refractivity contribution in [1.29, 1.82) is 0 Å². The molecule has 0 aliphatic carbocycles. The average Bonchev–Trinajstić information content (AvgIpc) is 2.05. The van der Waals surface area contributed by atoms with E-state index < -0.39 is 0 Å². The molecular formula is C8H10N2O2. The lowest BCUT2D eigenvalue weighted by Gasteiger charge is -2.05. The van der Waals surface area contributed by atoms with Gasteiger partial charge in [-0.3, -0.25) is 9.59 Å². The van der Waals surface area contributed by atoms with E-state index >= 15 is 0 Å². The molecule has 1 N–H and O–H groups in total. The summed E-state index contributed by atoms with van der Waals surface area (Å²) in [6, 6.07) is 0. The first kappa shape index (κ1) is 8.64. The lowest BCUT2D eigenvalue weighted by atomic mass is 10.1. The second-order valence-electron chi connectivity index (χ2n) is 2.35. The molecule has 1 aliphatic rings. The highest BCUT2D eigenvalue weighted by Gasteiger charge is 2.19. The SMILES string of the molecule is CCNC(=O)C1=NC=CCC1=O. The lowest BCUT2D eigenvalue weighted by molar-refractivity contribution is -0.117. The summed E-state index contributed by atoms with van der Waals surface area (Å²) in [5.41, 5.74) is 0.0133. The van der Waals surface area contributed by atoms with E-state index in [9.17, 15) is 9.59 Å². The van der Waals surface area contributed by atoms with Gasteiger partial charge in [0.25, 0.3) is 5.91 Å². The van der Waals surface area contributed by atoms with Gasteiger partial charge in [0.2, 0.25) is 0 Å². The number of hydrogen-bond acceptors (Lipinski definition) is 3. The molecule has 0 radical (unpaired) electrons. The van der Waals surface area contributed by atoms with Crippen molar-refractivity contribution in [2.75, 3.05) is 6.54 Å². The summed E-state index contributed by atoms with van der Waals surface area (Å²) >= 11 is 0. The van der Waals surface area contributed by atoms with Crippen LogP contribution in [0.4, 0.5) is 0 Å². The number of allylic oxidation sites excluding steroid dienone is 1. The number of ketones is 1. The standard InChI is InChI=1S/C8H10N2O2/c1-2-9-8(12)7-6(11)4-3-5-10-7/h3,5H,2,4H2,1H3,(H,9,12). The van der Waals surface area contributed by atoms with Crippen molar-refractivity contribution in [3.63, 3.8) is 0 Å². The van der Waals surface area contributed by atoms with E-state index in [4.69, 9.17) is 0 Å². The second-order valence-corrected chi connectivity index (χ2v) is 2.35. The maximum atomic E-state index is 11.1. The minimum atomic E-state index is -0.383. The number of amides is 1. The van der Waals surface area contributed by atoms with Crippen LogP contribution < -0.4 is 5.32 Å². The van der Waals surface area contributed by atoms with Gasteiger partial charge < -0.3 is 5.32 Å². The fourth-order valence-electron chi connectivity index (χ4n) is 0.885. The van der Waals surface area contributed by atoms with Gasteiger partial charge in [0.1, 0.15) is 0 Å². The molecule has 0 atom stereocenters. The highest BCUT2D eigenvalue weighted by molar-refractivity contribution is 6.66. The number of nitrogens with zero attached hydrogens (tertiary/aromatic N) is 1. The van der Waals surface area contributed by atoms with E-state index in [0.29, 0.717) is 6.54 Å². The van der Waals surface area contributed by atoms with Gasteiger partial charge in [-0.1, -0.05) is 6.08 Å². The van der Waals surface area contributed by atoms with E-state index in [1.807, 2.05) is 0 Å². The molecule has 0 aromatic rings. The molecule has 4 heteroatoms. The summed E-state index contributed by atoms with van der Waals surface area (Å²) in [6.45, 7) is 2.30. The first-order valence-corrected chi connectivity index (χ1v) is 3.80. The van der Waals surface area contributed by atoms with Crippen LogP contribution in [-0.2, 0) is 9.59 Å². The summed E-state index contributed by atoms with van der Waals surface area (Å²) in [5, 5.41) is 2.52. The Bertz CT molecular complexity index is 266. The predicted molar refractivity (Wildman–Crippen MR) is 44.9 cm³/mol. The molecule has 0 fully saturated rings. The van der Waals surface area contributed by atoms with E-state index in [1.165, 1.54) is 6.20 Å². The van der Waals surface area contributed by atoms with E-state index in [-0.39, 0.29) is 23.8 Å². The molecule has 0 aromatic heterocycles. The maximum Gasteiger partial charge on any atom is 0.273 e. The normalized spacial score (nSPS) is 15.8. The molecule has 4 nitrogen and oxygen atoms in total. The molecule has 1 rings (SSSR count). The van der Waals surface area contributed by atoms with Crippen molar-refractivity contribution < 1.29 is 9.59 Å². The number of carbonyl (C=O) groups excluding carboxylic acids is 2. The van der Waals surface area contributed by atoms with Gasteiger partial charge in [0.15, 0.2) is 11.5 Å². The summed E-state index contributed by atoms with van der Waals surface area (Å²) in [6.07, 6.45) is 3.38. The lowest BCUT2D eigenvalue weighted by Crippen LogP contribution is -2.36. The quantitative estimate of drug-likeness (QED) is 0.630. The molecule has 0 spiro atoms. The van der Waals surface area contributed by atoms with Crippen molar-refractivity contribution in [1.82, 2.24) is 5.32 Å². The minimum absolute atomic E-state index is 0.0133. The number of rotatable bonds is 2. The molecule has 0 saturated heterocycles. The number of Topliss-reactive ketones (excluding diaryl/α,β-unsaturated/α-hetero) is 1. The summed E-state index contributed by atoms with van der Waals surface area (Å²) in [4.78, 5) is 25.9. The van der Waals surface area contributed by atoms with Crippen LogP contribution in [0.15, 0.2) is 17.3 Å². The number of carbonyl (C=O) groups is 2. The van der Waals surface area contributed by atoms with E-state index in [0.717, 1.165) is 0 Å². The zero-order valence-electron chi connectivity index (χ0n) is 6.83. The summed E-state index contributed by atoms with van der Waals surface area (Å²) in [7, 11) is 0. The van der Waals surface area contributed by atoms with Gasteiger partial charge in [0.05, 0.1) is 0 Å². The topological polar surface area (TPSA) is 58.5 Å². The molecule has 0 unspecified atom stereocenters. The average molecular weight is 166 g/mol.